The highest BCUT2D eigenvalue weighted by atomic mass is 32.2. The van der Waals surface area contributed by atoms with E-state index in [-0.39, 0.29) is 10.5 Å². The SMILES string of the molecule is COC(=O)c1cc(S(N)(=O)=O)ccc1NCCc1ccccc1. The molecule has 3 N–H and O–H groups in total. The average molecular weight is 334 g/mol. The van der Waals surface area contributed by atoms with Crippen molar-refractivity contribution in [3.8, 4) is 0 Å². The van der Waals surface area contributed by atoms with E-state index in [2.05, 4.69) is 5.32 Å². The van der Waals surface area contributed by atoms with Crippen LogP contribution in [0.1, 0.15) is 15.9 Å². The molecular formula is C16H18N2O4S. The first-order chi connectivity index (χ1) is 10.9. The van der Waals surface area contributed by atoms with E-state index in [1.165, 1.54) is 25.3 Å². The number of rotatable bonds is 6. The molecule has 0 aromatic heterocycles. The van der Waals surface area contributed by atoms with Crippen molar-refractivity contribution < 1.29 is 17.9 Å². The van der Waals surface area contributed by atoms with Gasteiger partial charge in [0.05, 0.1) is 17.6 Å². The molecule has 0 radical (unpaired) electrons. The van der Waals surface area contributed by atoms with E-state index in [9.17, 15) is 13.2 Å². The van der Waals surface area contributed by atoms with Gasteiger partial charge in [-0.15, -0.1) is 0 Å². The van der Waals surface area contributed by atoms with E-state index in [1.807, 2.05) is 30.3 Å². The van der Waals surface area contributed by atoms with Crippen molar-refractivity contribution in [2.75, 3.05) is 19.0 Å². The van der Waals surface area contributed by atoms with Crippen molar-refractivity contribution in [1.29, 1.82) is 0 Å². The number of nitrogens with two attached hydrogens (primary N) is 1. The molecule has 23 heavy (non-hydrogen) atoms. The molecule has 6 nitrogen and oxygen atoms in total. The summed E-state index contributed by atoms with van der Waals surface area (Å²) in [4.78, 5) is 11.7. The Hall–Kier alpha value is -2.38. The number of sulfonamides is 1. The largest absolute Gasteiger partial charge is 0.465 e. The predicted octanol–water partition coefficient (Wildman–Crippen LogP) is 1.78. The topological polar surface area (TPSA) is 98.5 Å². The van der Waals surface area contributed by atoms with Gasteiger partial charge in [-0.3, -0.25) is 0 Å². The Morgan fingerprint density at radius 2 is 1.87 bits per heavy atom. The Bertz CT molecular complexity index is 789. The average Bonchev–Trinajstić information content (AvgIpc) is 2.54. The summed E-state index contributed by atoms with van der Waals surface area (Å²) in [6.45, 7) is 0.586. The highest BCUT2D eigenvalue weighted by Crippen LogP contribution is 2.21. The first kappa shape index (κ1) is 17.0. The van der Waals surface area contributed by atoms with Crippen LogP contribution in [0.4, 0.5) is 5.69 Å². The first-order valence-electron chi connectivity index (χ1n) is 6.95. The summed E-state index contributed by atoms with van der Waals surface area (Å²) in [6, 6.07) is 13.9. The zero-order chi connectivity index (χ0) is 16.9. The molecule has 0 aliphatic carbocycles. The van der Waals surface area contributed by atoms with Crippen LogP contribution in [0.2, 0.25) is 0 Å². The normalized spacial score (nSPS) is 11.0. The summed E-state index contributed by atoms with van der Waals surface area (Å²) in [5, 5.41) is 8.21. The second-order valence-corrected chi connectivity index (χ2v) is 6.47. The van der Waals surface area contributed by atoms with Gasteiger partial charge in [-0.05, 0) is 30.2 Å². The highest BCUT2D eigenvalue weighted by molar-refractivity contribution is 7.89. The maximum Gasteiger partial charge on any atom is 0.340 e. The van der Waals surface area contributed by atoms with Crippen molar-refractivity contribution in [2.24, 2.45) is 5.14 Å². The maximum absolute atomic E-state index is 11.8. The van der Waals surface area contributed by atoms with Gasteiger partial charge in [0.2, 0.25) is 10.0 Å². The van der Waals surface area contributed by atoms with Crippen LogP contribution < -0.4 is 10.5 Å². The smallest absolute Gasteiger partial charge is 0.340 e. The van der Waals surface area contributed by atoms with E-state index < -0.39 is 16.0 Å². The third kappa shape index (κ3) is 4.54. The number of anilines is 1. The Balaban J connectivity index is 2.18. The third-order valence-electron chi connectivity index (χ3n) is 3.30. The molecule has 0 heterocycles. The molecule has 0 bridgehead atoms. The number of methoxy groups -OCH3 is 1. The standard InChI is InChI=1S/C16H18N2O4S/c1-22-16(19)14-11-13(23(17,20)21)7-8-15(14)18-10-9-12-5-3-2-4-6-12/h2-8,11,18H,9-10H2,1H3,(H2,17,20,21). The van der Waals surface area contributed by atoms with Gasteiger partial charge in [0.1, 0.15) is 0 Å². The number of ether oxygens (including phenoxy) is 1. The van der Waals surface area contributed by atoms with Gasteiger partial charge in [0, 0.05) is 12.2 Å². The number of benzene rings is 2. The molecule has 0 atom stereocenters. The van der Waals surface area contributed by atoms with Crippen molar-refractivity contribution in [3.63, 3.8) is 0 Å². The maximum atomic E-state index is 11.8. The Morgan fingerprint density at radius 3 is 2.48 bits per heavy atom. The van der Waals surface area contributed by atoms with Crippen LogP contribution in [0.3, 0.4) is 0 Å². The van der Waals surface area contributed by atoms with E-state index in [4.69, 9.17) is 9.88 Å². The zero-order valence-electron chi connectivity index (χ0n) is 12.7. The van der Waals surface area contributed by atoms with Crippen LogP contribution in [-0.4, -0.2) is 28.0 Å². The van der Waals surface area contributed by atoms with Gasteiger partial charge in [0.15, 0.2) is 0 Å². The minimum absolute atomic E-state index is 0.132. The van der Waals surface area contributed by atoms with Crippen molar-refractivity contribution in [2.45, 2.75) is 11.3 Å². The second-order valence-electron chi connectivity index (χ2n) is 4.91. The summed E-state index contributed by atoms with van der Waals surface area (Å²) in [6.07, 6.45) is 0.762. The lowest BCUT2D eigenvalue weighted by atomic mass is 10.1. The molecule has 0 fully saturated rings. The molecule has 0 aliphatic heterocycles. The first-order valence-corrected chi connectivity index (χ1v) is 8.49. The number of hydrogen-bond donors (Lipinski definition) is 2. The Morgan fingerprint density at radius 1 is 1.17 bits per heavy atom. The Kier molecular flexibility index (Phi) is 5.36. The number of esters is 1. The van der Waals surface area contributed by atoms with Crippen LogP contribution >= 0.6 is 0 Å². The molecule has 0 aliphatic rings. The number of primary sulfonamides is 1. The van der Waals surface area contributed by atoms with Crippen LogP contribution in [0.15, 0.2) is 53.4 Å². The van der Waals surface area contributed by atoms with E-state index in [1.54, 1.807) is 0 Å². The van der Waals surface area contributed by atoms with Gasteiger partial charge in [-0.2, -0.15) is 0 Å². The molecule has 2 aromatic rings. The van der Waals surface area contributed by atoms with Crippen LogP contribution in [0, 0.1) is 0 Å². The molecular weight excluding hydrogens is 316 g/mol. The molecule has 2 rings (SSSR count). The van der Waals surface area contributed by atoms with Crippen LogP contribution in [0.25, 0.3) is 0 Å². The molecule has 0 spiro atoms. The number of carbonyl (C=O) groups excluding carboxylic acids is 1. The lowest BCUT2D eigenvalue weighted by molar-refractivity contribution is 0.0601. The number of carbonyl (C=O) groups is 1. The van der Waals surface area contributed by atoms with Crippen LogP contribution in [0.5, 0.6) is 0 Å². The summed E-state index contributed by atoms with van der Waals surface area (Å²) in [7, 11) is -2.65. The zero-order valence-corrected chi connectivity index (χ0v) is 13.5. The van der Waals surface area contributed by atoms with Crippen molar-refractivity contribution >= 4 is 21.7 Å². The fourth-order valence-corrected chi connectivity index (χ4v) is 2.66. The summed E-state index contributed by atoms with van der Waals surface area (Å²) < 4.78 is 27.5. The van der Waals surface area contributed by atoms with Crippen LogP contribution in [-0.2, 0) is 21.2 Å². The quantitative estimate of drug-likeness (QED) is 0.785. The van der Waals surface area contributed by atoms with E-state index >= 15 is 0 Å². The molecule has 0 saturated carbocycles. The van der Waals surface area contributed by atoms with Crippen molar-refractivity contribution in [3.05, 3.63) is 59.7 Å². The Labute approximate surface area is 135 Å². The van der Waals surface area contributed by atoms with E-state index in [0.29, 0.717) is 12.2 Å². The van der Waals surface area contributed by atoms with Gasteiger partial charge in [0.25, 0.3) is 0 Å². The number of nitrogens with one attached hydrogen (secondary N) is 1. The molecule has 122 valence electrons. The molecule has 0 saturated heterocycles. The molecule has 7 heteroatoms. The minimum atomic E-state index is -3.88. The summed E-state index contributed by atoms with van der Waals surface area (Å²) >= 11 is 0. The lowest BCUT2D eigenvalue weighted by Crippen LogP contribution is -2.15. The molecule has 0 unspecified atom stereocenters. The fraction of sp³-hybridized carbons (Fsp3) is 0.188. The van der Waals surface area contributed by atoms with Crippen molar-refractivity contribution in [1.82, 2.24) is 0 Å². The van der Waals surface area contributed by atoms with Gasteiger partial charge < -0.3 is 10.1 Å². The predicted molar refractivity (Wildman–Crippen MR) is 87.8 cm³/mol. The van der Waals surface area contributed by atoms with E-state index in [0.717, 1.165) is 12.0 Å². The third-order valence-corrected chi connectivity index (χ3v) is 4.21. The molecule has 2 aromatic carbocycles. The van der Waals surface area contributed by atoms with Gasteiger partial charge >= 0.3 is 5.97 Å². The highest BCUT2D eigenvalue weighted by Gasteiger charge is 2.16. The minimum Gasteiger partial charge on any atom is -0.465 e. The van der Waals surface area contributed by atoms with Gasteiger partial charge in [-0.1, -0.05) is 30.3 Å². The van der Waals surface area contributed by atoms with Gasteiger partial charge in [-0.25, -0.2) is 18.4 Å². The molecule has 0 amide bonds. The summed E-state index contributed by atoms with van der Waals surface area (Å²) in [5.41, 5.74) is 1.79. The second kappa shape index (κ2) is 7.26. The summed E-state index contributed by atoms with van der Waals surface area (Å²) in [5.74, 6) is -0.627. The number of hydrogen-bond acceptors (Lipinski definition) is 5. The lowest BCUT2D eigenvalue weighted by Gasteiger charge is -2.12. The fourth-order valence-electron chi connectivity index (χ4n) is 2.12. The monoisotopic (exact) mass is 334 g/mol.